The van der Waals surface area contributed by atoms with Crippen molar-refractivity contribution in [3.8, 4) is 0 Å². The minimum Gasteiger partial charge on any atom is -0.396 e. The number of aliphatic hydroxyl groups excluding tert-OH is 1. The highest BCUT2D eigenvalue weighted by atomic mass is 16.5. The Hall–Kier alpha value is -1.00. The van der Waals surface area contributed by atoms with Crippen LogP contribution >= 0.6 is 0 Å². The molecule has 0 spiro atoms. The third-order valence-corrected chi connectivity index (χ3v) is 3.12. The average Bonchev–Trinajstić information content (AvgIpc) is 2.38. The van der Waals surface area contributed by atoms with Gasteiger partial charge in [0.2, 0.25) is 0 Å². The number of aliphatic hydroxyl groups is 1. The second-order valence-corrected chi connectivity index (χ2v) is 4.30. The molecule has 0 aliphatic heterocycles. The van der Waals surface area contributed by atoms with Crippen LogP contribution < -0.4 is 0 Å². The topological polar surface area (TPSA) is 55.2 Å². The molecule has 1 aromatic heterocycles. The summed E-state index contributed by atoms with van der Waals surface area (Å²) in [5.41, 5.74) is 0. The van der Waals surface area contributed by atoms with Gasteiger partial charge in [0.25, 0.3) is 0 Å². The molecular formula is C12H18N2O2. The third-order valence-electron chi connectivity index (χ3n) is 3.12. The van der Waals surface area contributed by atoms with Crippen LogP contribution in [0.2, 0.25) is 0 Å². The third kappa shape index (κ3) is 3.25. The Morgan fingerprint density at radius 3 is 2.50 bits per heavy atom. The Morgan fingerprint density at radius 2 is 1.88 bits per heavy atom. The molecule has 0 radical (unpaired) electrons. The van der Waals surface area contributed by atoms with Crippen molar-refractivity contribution in [3.05, 3.63) is 24.3 Å². The molecule has 0 amide bonds. The van der Waals surface area contributed by atoms with Gasteiger partial charge in [-0.3, -0.25) is 0 Å². The Bertz CT molecular complexity index is 297. The van der Waals surface area contributed by atoms with Gasteiger partial charge in [0.1, 0.15) is 6.61 Å². The average molecular weight is 222 g/mol. The van der Waals surface area contributed by atoms with Crippen molar-refractivity contribution in [2.45, 2.75) is 38.4 Å². The fourth-order valence-electron chi connectivity index (χ4n) is 2.08. The van der Waals surface area contributed by atoms with Gasteiger partial charge in [0.05, 0.1) is 6.10 Å². The van der Waals surface area contributed by atoms with Crippen LogP contribution in [0.4, 0.5) is 0 Å². The van der Waals surface area contributed by atoms with Crippen LogP contribution in [-0.2, 0) is 11.3 Å². The molecule has 4 nitrogen and oxygen atoms in total. The summed E-state index contributed by atoms with van der Waals surface area (Å²) in [5, 5.41) is 9.02. The van der Waals surface area contributed by atoms with Gasteiger partial charge in [-0.2, -0.15) is 0 Å². The summed E-state index contributed by atoms with van der Waals surface area (Å²) in [5.74, 6) is 1.22. The fraction of sp³-hybridized carbons (Fsp3) is 0.667. The Morgan fingerprint density at radius 1 is 1.19 bits per heavy atom. The molecule has 1 aliphatic rings. The van der Waals surface area contributed by atoms with Crippen molar-refractivity contribution in [2.75, 3.05) is 6.61 Å². The van der Waals surface area contributed by atoms with Gasteiger partial charge in [0.15, 0.2) is 5.82 Å². The Labute approximate surface area is 95.7 Å². The SMILES string of the molecule is OCC1CCC(OCc2ncccn2)CC1. The lowest BCUT2D eigenvalue weighted by Gasteiger charge is -2.27. The molecule has 4 heteroatoms. The molecule has 0 saturated heterocycles. The van der Waals surface area contributed by atoms with Crippen LogP contribution in [-0.4, -0.2) is 27.8 Å². The predicted octanol–water partition coefficient (Wildman–Crippen LogP) is 1.54. The smallest absolute Gasteiger partial charge is 0.153 e. The maximum Gasteiger partial charge on any atom is 0.153 e. The first kappa shape index (κ1) is 11.5. The minimum atomic E-state index is 0.312. The summed E-state index contributed by atoms with van der Waals surface area (Å²) in [6, 6.07) is 1.80. The first-order chi connectivity index (χ1) is 7.88. The van der Waals surface area contributed by atoms with Gasteiger partial charge >= 0.3 is 0 Å². The van der Waals surface area contributed by atoms with Gasteiger partial charge < -0.3 is 9.84 Å². The molecule has 16 heavy (non-hydrogen) atoms. The van der Waals surface area contributed by atoms with E-state index in [0.717, 1.165) is 31.5 Å². The number of rotatable bonds is 4. The van der Waals surface area contributed by atoms with Gasteiger partial charge in [-0.05, 0) is 37.7 Å². The summed E-state index contributed by atoms with van der Waals surface area (Å²) >= 11 is 0. The molecule has 1 fully saturated rings. The van der Waals surface area contributed by atoms with E-state index in [1.807, 2.05) is 0 Å². The van der Waals surface area contributed by atoms with Crippen molar-refractivity contribution >= 4 is 0 Å². The molecule has 88 valence electrons. The molecule has 0 unspecified atom stereocenters. The zero-order valence-corrected chi connectivity index (χ0v) is 9.38. The van der Waals surface area contributed by atoms with Gasteiger partial charge in [-0.1, -0.05) is 0 Å². The summed E-state index contributed by atoms with van der Waals surface area (Å²) < 4.78 is 5.76. The standard InChI is InChI=1S/C12H18N2O2/c15-8-10-2-4-11(5-3-10)16-9-12-13-6-1-7-14-12/h1,6-7,10-11,15H,2-5,8-9H2. The lowest BCUT2D eigenvalue weighted by molar-refractivity contribution is -0.00164. The number of ether oxygens (including phenoxy) is 1. The van der Waals surface area contributed by atoms with Gasteiger partial charge in [-0.25, -0.2) is 9.97 Å². The molecular weight excluding hydrogens is 204 g/mol. The van der Waals surface area contributed by atoms with E-state index in [0.29, 0.717) is 25.2 Å². The molecule has 2 rings (SSSR count). The molecule has 1 N–H and O–H groups in total. The molecule has 1 saturated carbocycles. The highest BCUT2D eigenvalue weighted by Crippen LogP contribution is 2.26. The Balaban J connectivity index is 1.72. The first-order valence-corrected chi connectivity index (χ1v) is 5.87. The van der Waals surface area contributed by atoms with Crippen LogP contribution in [0.1, 0.15) is 31.5 Å². The zero-order chi connectivity index (χ0) is 11.2. The molecule has 0 atom stereocenters. The normalized spacial score (nSPS) is 25.6. The molecule has 0 bridgehead atoms. The van der Waals surface area contributed by atoms with Crippen LogP contribution in [0.25, 0.3) is 0 Å². The predicted molar refractivity (Wildman–Crippen MR) is 59.7 cm³/mol. The molecule has 1 heterocycles. The number of hydrogen-bond donors (Lipinski definition) is 1. The number of hydrogen-bond acceptors (Lipinski definition) is 4. The summed E-state index contributed by atoms with van der Waals surface area (Å²) in [6.45, 7) is 0.809. The van der Waals surface area contributed by atoms with Crippen LogP contribution in [0.5, 0.6) is 0 Å². The number of aromatic nitrogens is 2. The lowest BCUT2D eigenvalue weighted by atomic mass is 9.88. The fourth-order valence-corrected chi connectivity index (χ4v) is 2.08. The van der Waals surface area contributed by atoms with Crippen molar-refractivity contribution < 1.29 is 9.84 Å². The zero-order valence-electron chi connectivity index (χ0n) is 9.38. The van der Waals surface area contributed by atoms with E-state index >= 15 is 0 Å². The maximum atomic E-state index is 9.02. The maximum absolute atomic E-state index is 9.02. The van der Waals surface area contributed by atoms with Gasteiger partial charge in [0, 0.05) is 19.0 Å². The molecule has 1 aliphatic carbocycles. The summed E-state index contributed by atoms with van der Waals surface area (Å²) in [7, 11) is 0. The minimum absolute atomic E-state index is 0.312. The van der Waals surface area contributed by atoms with E-state index in [4.69, 9.17) is 9.84 Å². The van der Waals surface area contributed by atoms with Crippen molar-refractivity contribution in [1.29, 1.82) is 0 Å². The summed E-state index contributed by atoms with van der Waals surface area (Å²) in [4.78, 5) is 8.24. The second kappa shape index (κ2) is 5.92. The van der Waals surface area contributed by atoms with Crippen molar-refractivity contribution in [3.63, 3.8) is 0 Å². The quantitative estimate of drug-likeness (QED) is 0.839. The van der Waals surface area contributed by atoms with E-state index in [1.54, 1.807) is 18.5 Å². The van der Waals surface area contributed by atoms with E-state index in [9.17, 15) is 0 Å². The number of nitrogens with zero attached hydrogens (tertiary/aromatic N) is 2. The van der Waals surface area contributed by atoms with Crippen LogP contribution in [0, 0.1) is 5.92 Å². The van der Waals surface area contributed by atoms with Gasteiger partial charge in [-0.15, -0.1) is 0 Å². The highest BCUT2D eigenvalue weighted by Gasteiger charge is 2.21. The van der Waals surface area contributed by atoms with Crippen LogP contribution in [0.15, 0.2) is 18.5 Å². The lowest BCUT2D eigenvalue weighted by Crippen LogP contribution is -2.23. The summed E-state index contributed by atoms with van der Waals surface area (Å²) in [6.07, 6.45) is 7.98. The second-order valence-electron chi connectivity index (χ2n) is 4.30. The van der Waals surface area contributed by atoms with E-state index < -0.39 is 0 Å². The van der Waals surface area contributed by atoms with Crippen LogP contribution in [0.3, 0.4) is 0 Å². The van der Waals surface area contributed by atoms with E-state index in [2.05, 4.69) is 9.97 Å². The van der Waals surface area contributed by atoms with E-state index in [-0.39, 0.29) is 0 Å². The highest BCUT2D eigenvalue weighted by molar-refractivity contribution is 4.86. The van der Waals surface area contributed by atoms with E-state index in [1.165, 1.54) is 0 Å². The Kier molecular flexibility index (Phi) is 4.25. The molecule has 0 aromatic carbocycles. The largest absolute Gasteiger partial charge is 0.396 e. The van der Waals surface area contributed by atoms with Crippen molar-refractivity contribution in [2.24, 2.45) is 5.92 Å². The monoisotopic (exact) mass is 222 g/mol. The first-order valence-electron chi connectivity index (χ1n) is 5.87. The molecule has 1 aromatic rings. The van der Waals surface area contributed by atoms with Crippen molar-refractivity contribution in [1.82, 2.24) is 9.97 Å².